The van der Waals surface area contributed by atoms with E-state index in [1.165, 1.54) is 12.1 Å². The number of hydrogen-bond donors (Lipinski definition) is 0. The Bertz CT molecular complexity index is 428. The van der Waals surface area contributed by atoms with Crippen molar-refractivity contribution in [3.05, 3.63) is 36.1 Å². The fourth-order valence-corrected chi connectivity index (χ4v) is 1.09. The van der Waals surface area contributed by atoms with Crippen molar-refractivity contribution in [1.29, 1.82) is 0 Å². The summed E-state index contributed by atoms with van der Waals surface area (Å²) in [5.74, 6) is 0. The van der Waals surface area contributed by atoms with Crippen molar-refractivity contribution < 1.29 is 17.6 Å². The van der Waals surface area contributed by atoms with Crippen LogP contribution in [0.2, 0.25) is 0 Å². The van der Waals surface area contributed by atoms with E-state index in [1.54, 1.807) is 0 Å². The van der Waals surface area contributed by atoms with Crippen LogP contribution in [0.1, 0.15) is 5.56 Å². The van der Waals surface area contributed by atoms with Gasteiger partial charge in [-0.25, -0.2) is 0 Å². The summed E-state index contributed by atoms with van der Waals surface area (Å²) in [6.07, 6.45) is -1.93. The molecule has 0 bridgehead atoms. The van der Waals surface area contributed by atoms with E-state index in [-0.39, 0.29) is 0 Å². The number of fused-ring (bicyclic) bond motifs is 1. The van der Waals surface area contributed by atoms with Gasteiger partial charge in [-0.2, -0.15) is 13.2 Å². The van der Waals surface area contributed by atoms with Crippen LogP contribution in [0.3, 0.4) is 0 Å². The van der Waals surface area contributed by atoms with E-state index in [1.807, 2.05) is 0 Å². The first-order valence-electron chi connectivity index (χ1n) is 3.54. The number of benzene rings is 1. The Morgan fingerprint density at radius 3 is 2.69 bits per heavy atom. The van der Waals surface area contributed by atoms with E-state index in [4.69, 9.17) is 4.42 Å². The maximum absolute atomic E-state index is 12.2. The van der Waals surface area contributed by atoms with Crippen LogP contribution in [0.15, 0.2) is 28.7 Å². The summed E-state index contributed by atoms with van der Waals surface area (Å²) in [7, 11) is 0. The molecule has 0 unspecified atom stereocenters. The van der Waals surface area contributed by atoms with Crippen LogP contribution >= 0.6 is 0 Å². The lowest BCUT2D eigenvalue weighted by molar-refractivity contribution is -0.137. The molecular formula is C9H4F3O. The molecule has 0 aliphatic rings. The maximum atomic E-state index is 12.2. The first-order valence-corrected chi connectivity index (χ1v) is 3.54. The molecule has 0 fully saturated rings. The molecule has 0 aliphatic heterocycles. The van der Waals surface area contributed by atoms with Crippen molar-refractivity contribution >= 4 is 11.0 Å². The average Bonchev–Trinajstić information content (AvgIpc) is 2.47. The normalized spacial score (nSPS) is 12.2. The number of rotatable bonds is 0. The summed E-state index contributed by atoms with van der Waals surface area (Å²) in [5.41, 5.74) is -0.261. The first-order chi connectivity index (χ1) is 6.07. The third-order valence-corrected chi connectivity index (χ3v) is 1.72. The maximum Gasteiger partial charge on any atom is 0.416 e. The molecule has 2 rings (SSSR count). The summed E-state index contributed by atoms with van der Waals surface area (Å²) in [4.78, 5) is 0. The molecule has 0 saturated carbocycles. The zero-order valence-corrected chi connectivity index (χ0v) is 6.35. The molecule has 1 aromatic carbocycles. The van der Waals surface area contributed by atoms with Crippen LogP contribution in [0.4, 0.5) is 13.2 Å². The van der Waals surface area contributed by atoms with E-state index in [2.05, 4.69) is 6.26 Å². The largest absolute Gasteiger partial charge is 0.453 e. The molecule has 4 heteroatoms. The van der Waals surface area contributed by atoms with Crippen molar-refractivity contribution in [1.82, 2.24) is 0 Å². The van der Waals surface area contributed by atoms with Gasteiger partial charge in [-0.1, -0.05) is 0 Å². The molecule has 0 spiro atoms. The van der Waals surface area contributed by atoms with Gasteiger partial charge in [0.2, 0.25) is 0 Å². The second-order valence-corrected chi connectivity index (χ2v) is 2.61. The van der Waals surface area contributed by atoms with Crippen LogP contribution in [-0.4, -0.2) is 0 Å². The van der Waals surface area contributed by atoms with E-state index >= 15 is 0 Å². The molecule has 0 atom stereocenters. The standard InChI is InChI=1S/C9H4F3O/c10-9(11,12)7-1-2-8-6(5-7)3-4-13-8/h1-3,5H. The third kappa shape index (κ3) is 1.39. The summed E-state index contributed by atoms with van der Waals surface area (Å²) in [5, 5.41) is 0.412. The number of furan rings is 1. The molecule has 0 aliphatic carbocycles. The Morgan fingerprint density at radius 2 is 2.00 bits per heavy atom. The van der Waals surface area contributed by atoms with Gasteiger partial charge in [0.05, 0.1) is 5.56 Å². The van der Waals surface area contributed by atoms with E-state index < -0.39 is 11.7 Å². The van der Waals surface area contributed by atoms with Gasteiger partial charge < -0.3 is 4.42 Å². The molecule has 1 aromatic heterocycles. The van der Waals surface area contributed by atoms with Crippen molar-refractivity contribution in [2.75, 3.05) is 0 Å². The molecular weight excluding hydrogens is 181 g/mol. The van der Waals surface area contributed by atoms with E-state index in [0.29, 0.717) is 11.0 Å². The van der Waals surface area contributed by atoms with Crippen molar-refractivity contribution in [2.24, 2.45) is 0 Å². The minimum atomic E-state index is -4.30. The van der Waals surface area contributed by atoms with Crippen molar-refractivity contribution in [2.45, 2.75) is 6.18 Å². The molecule has 0 N–H and O–H groups in total. The van der Waals surface area contributed by atoms with Gasteiger partial charge in [-0.15, -0.1) is 0 Å². The average molecular weight is 185 g/mol. The highest BCUT2D eigenvalue weighted by Gasteiger charge is 2.30. The molecule has 13 heavy (non-hydrogen) atoms. The van der Waals surface area contributed by atoms with Gasteiger partial charge in [-0.3, -0.25) is 0 Å². The number of alkyl halides is 3. The second kappa shape index (κ2) is 2.52. The molecule has 67 valence electrons. The van der Waals surface area contributed by atoms with Crippen LogP contribution in [0.25, 0.3) is 11.0 Å². The lowest BCUT2D eigenvalue weighted by Crippen LogP contribution is -2.03. The van der Waals surface area contributed by atoms with Gasteiger partial charge in [0.25, 0.3) is 0 Å². The first kappa shape index (κ1) is 8.16. The van der Waals surface area contributed by atoms with Crippen molar-refractivity contribution in [3.63, 3.8) is 0 Å². The Kier molecular flexibility index (Phi) is 1.58. The third-order valence-electron chi connectivity index (χ3n) is 1.72. The second-order valence-electron chi connectivity index (χ2n) is 2.61. The Hall–Kier alpha value is -1.45. The van der Waals surface area contributed by atoms with Crippen LogP contribution in [0, 0.1) is 6.26 Å². The van der Waals surface area contributed by atoms with Gasteiger partial charge >= 0.3 is 6.18 Å². The summed E-state index contributed by atoms with van der Waals surface area (Å²) in [6, 6.07) is 4.69. The fraction of sp³-hybridized carbons (Fsp3) is 0.111. The SMILES string of the molecule is FC(F)(F)c1ccc2o[c]cc2c1. The van der Waals surface area contributed by atoms with Gasteiger partial charge in [0.15, 0.2) is 6.26 Å². The quantitative estimate of drug-likeness (QED) is 0.614. The highest BCUT2D eigenvalue weighted by atomic mass is 19.4. The predicted octanol–water partition coefficient (Wildman–Crippen LogP) is 3.25. The molecule has 0 amide bonds. The zero-order chi connectivity index (χ0) is 9.47. The highest BCUT2D eigenvalue weighted by Crippen LogP contribution is 2.31. The topological polar surface area (TPSA) is 13.1 Å². The number of halogens is 3. The van der Waals surface area contributed by atoms with Gasteiger partial charge in [0, 0.05) is 5.39 Å². The minimum Gasteiger partial charge on any atom is -0.453 e. The van der Waals surface area contributed by atoms with Crippen LogP contribution < -0.4 is 0 Å². The Balaban J connectivity index is 2.61. The minimum absolute atomic E-state index is 0.410. The van der Waals surface area contributed by atoms with Gasteiger partial charge in [0.1, 0.15) is 5.58 Å². The molecule has 2 aromatic rings. The molecule has 0 saturated heterocycles. The Morgan fingerprint density at radius 1 is 1.23 bits per heavy atom. The summed E-state index contributed by atoms with van der Waals surface area (Å²) in [6.45, 7) is 0. The zero-order valence-electron chi connectivity index (χ0n) is 6.35. The van der Waals surface area contributed by atoms with Gasteiger partial charge in [-0.05, 0) is 24.3 Å². The van der Waals surface area contributed by atoms with Crippen LogP contribution in [-0.2, 0) is 6.18 Å². The smallest absolute Gasteiger partial charge is 0.416 e. The number of hydrogen-bond acceptors (Lipinski definition) is 1. The predicted molar refractivity (Wildman–Crippen MR) is 40.1 cm³/mol. The monoisotopic (exact) mass is 185 g/mol. The molecule has 1 heterocycles. The van der Waals surface area contributed by atoms with E-state index in [0.717, 1.165) is 12.1 Å². The summed E-state index contributed by atoms with van der Waals surface area (Å²) < 4.78 is 41.3. The Labute approximate surface area is 71.8 Å². The van der Waals surface area contributed by atoms with Crippen molar-refractivity contribution in [3.8, 4) is 0 Å². The molecule has 1 radical (unpaired) electrons. The summed E-state index contributed by atoms with van der Waals surface area (Å²) >= 11 is 0. The molecule has 1 nitrogen and oxygen atoms in total. The fourth-order valence-electron chi connectivity index (χ4n) is 1.09. The van der Waals surface area contributed by atoms with E-state index in [9.17, 15) is 13.2 Å². The lowest BCUT2D eigenvalue weighted by atomic mass is 10.1. The highest BCUT2D eigenvalue weighted by molar-refractivity contribution is 5.77. The van der Waals surface area contributed by atoms with Crippen LogP contribution in [0.5, 0.6) is 0 Å². The lowest BCUT2D eigenvalue weighted by Gasteiger charge is -2.04.